The van der Waals surface area contributed by atoms with Gasteiger partial charge in [-0.05, 0) is 32.9 Å². The molecule has 2 aromatic carbocycles. The molecule has 0 amide bonds. The number of benzene rings is 2. The Labute approximate surface area is 149 Å². The monoisotopic (exact) mass is 332 g/mol. The van der Waals surface area contributed by atoms with E-state index in [2.05, 4.69) is 43.1 Å². The molecular formula is C21H24N4. The Morgan fingerprint density at radius 3 is 2.04 bits per heavy atom. The van der Waals surface area contributed by atoms with Gasteiger partial charge in [0.15, 0.2) is 5.82 Å². The maximum atomic E-state index is 4.78. The molecular weight excluding hydrogens is 308 g/mol. The molecule has 1 N–H and O–H groups in total. The van der Waals surface area contributed by atoms with Crippen molar-refractivity contribution in [3.63, 3.8) is 0 Å². The summed E-state index contributed by atoms with van der Waals surface area (Å²) in [6, 6.07) is 22.3. The van der Waals surface area contributed by atoms with Gasteiger partial charge in [0.2, 0.25) is 0 Å². The summed E-state index contributed by atoms with van der Waals surface area (Å²) in [4.78, 5) is 11.6. The van der Waals surface area contributed by atoms with Gasteiger partial charge in [0.1, 0.15) is 11.6 Å². The SMILES string of the molecule is CN(c1ccccc1)c1cc(NC(C)(C)C)nc(-c2ccccc2)n1. The van der Waals surface area contributed by atoms with E-state index in [0.29, 0.717) is 5.82 Å². The minimum absolute atomic E-state index is 0.0785. The van der Waals surface area contributed by atoms with Crippen molar-refractivity contribution >= 4 is 17.3 Å². The number of hydrogen-bond donors (Lipinski definition) is 1. The number of aromatic nitrogens is 2. The van der Waals surface area contributed by atoms with Gasteiger partial charge in [-0.25, -0.2) is 9.97 Å². The molecule has 4 heteroatoms. The molecule has 128 valence electrons. The van der Waals surface area contributed by atoms with E-state index in [-0.39, 0.29) is 5.54 Å². The Balaban J connectivity index is 2.06. The van der Waals surface area contributed by atoms with Gasteiger partial charge in [-0.15, -0.1) is 0 Å². The third-order valence-electron chi connectivity index (χ3n) is 3.73. The zero-order chi connectivity index (χ0) is 17.9. The van der Waals surface area contributed by atoms with E-state index in [1.807, 2.05) is 61.6 Å². The second-order valence-electron chi connectivity index (χ2n) is 7.07. The molecule has 25 heavy (non-hydrogen) atoms. The summed E-state index contributed by atoms with van der Waals surface area (Å²) >= 11 is 0. The number of anilines is 3. The van der Waals surface area contributed by atoms with Gasteiger partial charge in [-0.2, -0.15) is 0 Å². The molecule has 3 aromatic rings. The van der Waals surface area contributed by atoms with Gasteiger partial charge in [0, 0.05) is 29.9 Å². The highest BCUT2D eigenvalue weighted by Gasteiger charge is 2.15. The lowest BCUT2D eigenvalue weighted by Gasteiger charge is -2.24. The fraction of sp³-hybridized carbons (Fsp3) is 0.238. The number of nitrogens with one attached hydrogen (secondary N) is 1. The number of para-hydroxylation sites is 1. The van der Waals surface area contributed by atoms with Gasteiger partial charge in [0.25, 0.3) is 0 Å². The molecule has 0 saturated carbocycles. The Morgan fingerprint density at radius 2 is 1.44 bits per heavy atom. The summed E-state index contributed by atoms with van der Waals surface area (Å²) in [5.41, 5.74) is 2.01. The molecule has 0 unspecified atom stereocenters. The van der Waals surface area contributed by atoms with Gasteiger partial charge in [0.05, 0.1) is 0 Å². The summed E-state index contributed by atoms with van der Waals surface area (Å²) in [7, 11) is 2.02. The van der Waals surface area contributed by atoms with Crippen LogP contribution in [-0.4, -0.2) is 22.6 Å². The predicted octanol–water partition coefficient (Wildman–Crippen LogP) is 5.12. The van der Waals surface area contributed by atoms with Crippen molar-refractivity contribution in [2.45, 2.75) is 26.3 Å². The number of rotatable bonds is 4. The molecule has 1 aromatic heterocycles. The summed E-state index contributed by atoms with van der Waals surface area (Å²) in [6.07, 6.45) is 0. The molecule has 3 rings (SSSR count). The van der Waals surface area contributed by atoms with Crippen LogP contribution in [0.5, 0.6) is 0 Å². The van der Waals surface area contributed by atoms with Gasteiger partial charge in [-0.3, -0.25) is 0 Å². The fourth-order valence-electron chi connectivity index (χ4n) is 2.55. The molecule has 0 spiro atoms. The smallest absolute Gasteiger partial charge is 0.163 e. The van der Waals surface area contributed by atoms with Crippen molar-refractivity contribution in [1.82, 2.24) is 9.97 Å². The quantitative estimate of drug-likeness (QED) is 0.720. The maximum Gasteiger partial charge on any atom is 0.163 e. The largest absolute Gasteiger partial charge is 0.365 e. The van der Waals surface area contributed by atoms with Gasteiger partial charge in [-0.1, -0.05) is 48.5 Å². The van der Waals surface area contributed by atoms with E-state index in [9.17, 15) is 0 Å². The molecule has 0 fully saturated rings. The molecule has 0 radical (unpaired) electrons. The molecule has 0 aliphatic carbocycles. The molecule has 0 bridgehead atoms. The average Bonchev–Trinajstić information content (AvgIpc) is 2.61. The molecule has 1 heterocycles. The van der Waals surface area contributed by atoms with Crippen LogP contribution >= 0.6 is 0 Å². The Morgan fingerprint density at radius 1 is 0.840 bits per heavy atom. The zero-order valence-electron chi connectivity index (χ0n) is 15.2. The highest BCUT2D eigenvalue weighted by Crippen LogP contribution is 2.27. The van der Waals surface area contributed by atoms with E-state index in [0.717, 1.165) is 22.9 Å². The third kappa shape index (κ3) is 4.35. The second-order valence-corrected chi connectivity index (χ2v) is 7.07. The number of hydrogen-bond acceptors (Lipinski definition) is 4. The summed E-state index contributed by atoms with van der Waals surface area (Å²) in [5, 5.41) is 3.46. The highest BCUT2D eigenvalue weighted by molar-refractivity contribution is 5.66. The van der Waals surface area contributed by atoms with E-state index in [4.69, 9.17) is 9.97 Å². The summed E-state index contributed by atoms with van der Waals surface area (Å²) < 4.78 is 0. The Kier molecular flexibility index (Phi) is 4.70. The van der Waals surface area contributed by atoms with Crippen LogP contribution in [0.15, 0.2) is 66.7 Å². The van der Waals surface area contributed by atoms with Crippen LogP contribution < -0.4 is 10.2 Å². The molecule has 0 aliphatic rings. The first-order chi connectivity index (χ1) is 11.9. The summed E-state index contributed by atoms with van der Waals surface area (Å²) in [5.74, 6) is 2.39. The lowest BCUT2D eigenvalue weighted by atomic mass is 10.1. The van der Waals surface area contributed by atoms with Gasteiger partial charge < -0.3 is 10.2 Å². The van der Waals surface area contributed by atoms with E-state index in [1.54, 1.807) is 0 Å². The minimum Gasteiger partial charge on any atom is -0.365 e. The fourth-order valence-corrected chi connectivity index (χ4v) is 2.55. The van der Waals surface area contributed by atoms with Crippen molar-refractivity contribution in [1.29, 1.82) is 0 Å². The zero-order valence-corrected chi connectivity index (χ0v) is 15.2. The van der Waals surface area contributed by atoms with Crippen LogP contribution in [0.3, 0.4) is 0 Å². The molecule has 4 nitrogen and oxygen atoms in total. The van der Waals surface area contributed by atoms with Crippen molar-refractivity contribution in [3.05, 3.63) is 66.7 Å². The first-order valence-electron chi connectivity index (χ1n) is 8.44. The summed E-state index contributed by atoms with van der Waals surface area (Å²) in [6.45, 7) is 6.37. The average molecular weight is 332 g/mol. The van der Waals surface area contributed by atoms with Crippen molar-refractivity contribution in [3.8, 4) is 11.4 Å². The van der Waals surface area contributed by atoms with Crippen LogP contribution in [0.25, 0.3) is 11.4 Å². The van der Waals surface area contributed by atoms with Crippen LogP contribution in [0, 0.1) is 0 Å². The second kappa shape index (κ2) is 6.93. The predicted molar refractivity (Wildman–Crippen MR) is 105 cm³/mol. The molecule has 0 atom stereocenters. The lowest BCUT2D eigenvalue weighted by Crippen LogP contribution is -2.27. The molecule has 0 saturated heterocycles. The van der Waals surface area contributed by atoms with Crippen LogP contribution in [0.2, 0.25) is 0 Å². The lowest BCUT2D eigenvalue weighted by molar-refractivity contribution is 0.630. The first-order valence-corrected chi connectivity index (χ1v) is 8.44. The van der Waals surface area contributed by atoms with Crippen LogP contribution in [0.4, 0.5) is 17.3 Å². The maximum absolute atomic E-state index is 4.78. The van der Waals surface area contributed by atoms with Crippen molar-refractivity contribution < 1.29 is 0 Å². The standard InChI is InChI=1S/C21H24N4/c1-21(2,3)24-18-15-19(25(4)17-13-9-6-10-14-17)23-20(22-18)16-11-7-5-8-12-16/h5-15H,1-4H3,(H,22,23,24). The number of nitrogens with zero attached hydrogens (tertiary/aromatic N) is 3. The van der Waals surface area contributed by atoms with Crippen LogP contribution in [-0.2, 0) is 0 Å². The minimum atomic E-state index is -0.0785. The normalized spacial score (nSPS) is 11.2. The van der Waals surface area contributed by atoms with E-state index < -0.39 is 0 Å². The Hall–Kier alpha value is -2.88. The first kappa shape index (κ1) is 17.0. The van der Waals surface area contributed by atoms with E-state index >= 15 is 0 Å². The Bertz CT molecular complexity index is 824. The highest BCUT2D eigenvalue weighted by atomic mass is 15.2. The van der Waals surface area contributed by atoms with Crippen molar-refractivity contribution in [2.75, 3.05) is 17.3 Å². The van der Waals surface area contributed by atoms with Crippen LogP contribution in [0.1, 0.15) is 20.8 Å². The van der Waals surface area contributed by atoms with Gasteiger partial charge >= 0.3 is 0 Å². The molecule has 0 aliphatic heterocycles. The van der Waals surface area contributed by atoms with E-state index in [1.165, 1.54) is 0 Å². The topological polar surface area (TPSA) is 41.0 Å². The third-order valence-corrected chi connectivity index (χ3v) is 3.73. The van der Waals surface area contributed by atoms with Crippen molar-refractivity contribution in [2.24, 2.45) is 0 Å².